The van der Waals surface area contributed by atoms with E-state index >= 15 is 0 Å². The molecule has 0 bridgehead atoms. The summed E-state index contributed by atoms with van der Waals surface area (Å²) in [7, 11) is 0. The van der Waals surface area contributed by atoms with Crippen LogP contribution in [0.5, 0.6) is 0 Å². The Morgan fingerprint density at radius 1 is 0.795 bits per heavy atom. The van der Waals surface area contributed by atoms with Crippen LogP contribution in [0, 0.1) is 11.7 Å². The molecule has 1 aromatic heterocycles. The zero-order valence-corrected chi connectivity index (χ0v) is 22.3. The minimum Gasteiger partial charge on any atom is -0.334 e. The van der Waals surface area contributed by atoms with Crippen LogP contribution in [0.4, 0.5) is 4.39 Å². The van der Waals surface area contributed by atoms with E-state index in [2.05, 4.69) is 39.3 Å². The van der Waals surface area contributed by atoms with Crippen molar-refractivity contribution in [3.63, 3.8) is 0 Å². The third kappa shape index (κ3) is 6.11. The van der Waals surface area contributed by atoms with E-state index in [1.54, 1.807) is 12.1 Å². The summed E-state index contributed by atoms with van der Waals surface area (Å²) in [6.07, 6.45) is 3.35. The highest BCUT2D eigenvalue weighted by Gasteiger charge is 2.20. The summed E-state index contributed by atoms with van der Waals surface area (Å²) in [5, 5.41) is 4.85. The Morgan fingerprint density at radius 2 is 1.49 bits per heavy atom. The average Bonchev–Trinajstić information content (AvgIpc) is 3.47. The van der Waals surface area contributed by atoms with E-state index in [1.807, 2.05) is 60.7 Å². The van der Waals surface area contributed by atoms with Crippen molar-refractivity contribution in [3.05, 3.63) is 119 Å². The van der Waals surface area contributed by atoms with E-state index in [0.717, 1.165) is 61.2 Å². The molecule has 0 amide bonds. The van der Waals surface area contributed by atoms with Crippen molar-refractivity contribution in [1.82, 2.24) is 15.0 Å². The minimum absolute atomic E-state index is 0.168. The lowest BCUT2D eigenvalue weighted by Crippen LogP contribution is -2.33. The summed E-state index contributed by atoms with van der Waals surface area (Å²) in [6.45, 7) is 3.08. The molecule has 1 aliphatic rings. The third-order valence-corrected chi connectivity index (χ3v) is 7.80. The van der Waals surface area contributed by atoms with Gasteiger partial charge in [-0.15, -0.1) is 0 Å². The summed E-state index contributed by atoms with van der Waals surface area (Å²) in [5.74, 6) is 1.49. The fraction of sp³-hybridized carbons (Fsp3) is 0.212. The van der Waals surface area contributed by atoms with Crippen LogP contribution in [0.15, 0.2) is 102 Å². The number of rotatable bonds is 7. The molecule has 39 heavy (non-hydrogen) atoms. The number of halogens is 2. The standard InChI is InChI=1S/C33H29ClFN3O/c34-31-21-28(12-15-30(31)26-4-2-1-3-5-26)33-36-32(37-39-33)27-10-6-25(7-11-27)22-38-18-16-24(17-19-38)20-23-8-13-29(35)14-9-23/h1-15,21,24H,16-20,22H2. The van der Waals surface area contributed by atoms with Crippen LogP contribution in [0.25, 0.3) is 34.0 Å². The third-order valence-electron chi connectivity index (χ3n) is 7.49. The van der Waals surface area contributed by atoms with Gasteiger partial charge >= 0.3 is 0 Å². The van der Waals surface area contributed by atoms with Crippen molar-refractivity contribution in [1.29, 1.82) is 0 Å². The van der Waals surface area contributed by atoms with Gasteiger partial charge < -0.3 is 4.52 Å². The molecule has 0 unspecified atom stereocenters. The smallest absolute Gasteiger partial charge is 0.258 e. The number of benzene rings is 4. The Bertz CT molecular complexity index is 1530. The van der Waals surface area contributed by atoms with E-state index < -0.39 is 0 Å². The average molecular weight is 538 g/mol. The zero-order chi connectivity index (χ0) is 26.6. The molecule has 6 rings (SSSR count). The maximum atomic E-state index is 13.2. The van der Waals surface area contributed by atoms with Gasteiger partial charge in [0.05, 0.1) is 0 Å². The van der Waals surface area contributed by atoms with Crippen LogP contribution in [0.2, 0.25) is 5.02 Å². The molecule has 196 valence electrons. The number of hydrogen-bond acceptors (Lipinski definition) is 4. The Hall–Kier alpha value is -3.80. The van der Waals surface area contributed by atoms with Gasteiger partial charge in [-0.25, -0.2) is 4.39 Å². The largest absolute Gasteiger partial charge is 0.334 e. The molecule has 4 nitrogen and oxygen atoms in total. The molecule has 0 spiro atoms. The molecule has 1 saturated heterocycles. The molecule has 0 saturated carbocycles. The van der Waals surface area contributed by atoms with Crippen LogP contribution in [0.3, 0.4) is 0 Å². The molecular weight excluding hydrogens is 509 g/mol. The monoisotopic (exact) mass is 537 g/mol. The molecule has 0 N–H and O–H groups in total. The molecule has 2 heterocycles. The van der Waals surface area contributed by atoms with Crippen LogP contribution in [-0.4, -0.2) is 28.1 Å². The van der Waals surface area contributed by atoms with Crippen LogP contribution < -0.4 is 0 Å². The fourth-order valence-corrected chi connectivity index (χ4v) is 5.57. The Labute approximate surface area is 233 Å². The Morgan fingerprint density at radius 3 is 2.21 bits per heavy atom. The van der Waals surface area contributed by atoms with Crippen LogP contribution >= 0.6 is 11.6 Å². The summed E-state index contributed by atoms with van der Waals surface area (Å²) in [6, 6.07) is 31.2. The van der Waals surface area contributed by atoms with Gasteiger partial charge in [-0.1, -0.05) is 89.6 Å². The van der Waals surface area contributed by atoms with Crippen molar-refractivity contribution in [2.45, 2.75) is 25.8 Å². The lowest BCUT2D eigenvalue weighted by molar-refractivity contribution is 0.177. The van der Waals surface area contributed by atoms with Gasteiger partial charge in [-0.05, 0) is 79.2 Å². The van der Waals surface area contributed by atoms with Crippen LogP contribution in [0.1, 0.15) is 24.0 Å². The molecule has 6 heteroatoms. The summed E-state index contributed by atoms with van der Waals surface area (Å²) >= 11 is 6.58. The number of hydrogen-bond donors (Lipinski definition) is 0. The van der Waals surface area contributed by atoms with Crippen molar-refractivity contribution in [2.24, 2.45) is 5.92 Å². The highest BCUT2D eigenvalue weighted by atomic mass is 35.5. The zero-order valence-electron chi connectivity index (χ0n) is 21.6. The maximum absolute atomic E-state index is 13.2. The predicted molar refractivity (Wildman–Crippen MR) is 154 cm³/mol. The first-order valence-corrected chi connectivity index (χ1v) is 13.7. The normalized spacial score (nSPS) is 14.5. The molecule has 0 atom stereocenters. The van der Waals surface area contributed by atoms with E-state index in [0.29, 0.717) is 22.7 Å². The van der Waals surface area contributed by atoms with Gasteiger partial charge in [0.2, 0.25) is 5.82 Å². The molecule has 5 aromatic rings. The van der Waals surface area contributed by atoms with Gasteiger partial charge in [-0.2, -0.15) is 4.98 Å². The second-order valence-electron chi connectivity index (χ2n) is 10.2. The van der Waals surface area contributed by atoms with Gasteiger partial charge in [0, 0.05) is 28.3 Å². The van der Waals surface area contributed by atoms with Crippen molar-refractivity contribution >= 4 is 11.6 Å². The highest BCUT2D eigenvalue weighted by molar-refractivity contribution is 6.33. The molecular formula is C33H29ClFN3O. The Kier molecular flexibility index (Phi) is 7.53. The van der Waals surface area contributed by atoms with Gasteiger partial charge in [0.1, 0.15) is 5.82 Å². The first-order chi connectivity index (χ1) is 19.1. The topological polar surface area (TPSA) is 42.2 Å². The Balaban J connectivity index is 1.05. The summed E-state index contributed by atoms with van der Waals surface area (Å²) < 4.78 is 18.7. The van der Waals surface area contributed by atoms with Crippen molar-refractivity contribution in [3.8, 4) is 34.0 Å². The molecule has 0 aliphatic carbocycles. The van der Waals surface area contributed by atoms with E-state index in [1.165, 1.54) is 11.1 Å². The quantitative estimate of drug-likeness (QED) is 0.209. The maximum Gasteiger partial charge on any atom is 0.258 e. The van der Waals surface area contributed by atoms with Crippen molar-refractivity contribution in [2.75, 3.05) is 13.1 Å². The first-order valence-electron chi connectivity index (χ1n) is 13.4. The SMILES string of the molecule is Fc1ccc(CC2CCN(Cc3ccc(-c4noc(-c5ccc(-c6ccccc6)c(Cl)c5)n4)cc3)CC2)cc1. The second kappa shape index (κ2) is 11.5. The summed E-state index contributed by atoms with van der Waals surface area (Å²) in [5.41, 5.74) is 6.23. The lowest BCUT2D eigenvalue weighted by atomic mass is 9.90. The summed E-state index contributed by atoms with van der Waals surface area (Å²) in [4.78, 5) is 7.12. The minimum atomic E-state index is -0.168. The second-order valence-corrected chi connectivity index (χ2v) is 10.6. The first kappa shape index (κ1) is 25.5. The van der Waals surface area contributed by atoms with Crippen molar-refractivity contribution < 1.29 is 8.91 Å². The lowest BCUT2D eigenvalue weighted by Gasteiger charge is -2.32. The molecule has 1 fully saturated rings. The fourth-order valence-electron chi connectivity index (χ4n) is 5.28. The highest BCUT2D eigenvalue weighted by Crippen LogP contribution is 2.32. The molecule has 4 aromatic carbocycles. The van der Waals surface area contributed by atoms with Gasteiger partial charge in [0.25, 0.3) is 5.89 Å². The van der Waals surface area contributed by atoms with E-state index in [4.69, 9.17) is 16.1 Å². The molecule has 1 aliphatic heterocycles. The van der Waals surface area contributed by atoms with E-state index in [-0.39, 0.29) is 5.82 Å². The van der Waals surface area contributed by atoms with Crippen LogP contribution in [-0.2, 0) is 13.0 Å². The number of nitrogens with zero attached hydrogens (tertiary/aromatic N) is 3. The number of aromatic nitrogens is 2. The van der Waals surface area contributed by atoms with Gasteiger partial charge in [0.15, 0.2) is 0 Å². The predicted octanol–water partition coefficient (Wildman–Crippen LogP) is 8.32. The van der Waals surface area contributed by atoms with Gasteiger partial charge in [-0.3, -0.25) is 4.90 Å². The van der Waals surface area contributed by atoms with E-state index in [9.17, 15) is 4.39 Å². The number of piperidine rings is 1. The number of likely N-dealkylation sites (tertiary alicyclic amines) is 1. The molecule has 0 radical (unpaired) electrons.